The van der Waals surface area contributed by atoms with Crippen LogP contribution in [-0.4, -0.2) is 47.0 Å². The first-order chi connectivity index (χ1) is 16.7. The SMILES string of the molecule is Cn1c(=O)c2ccccc2n2c(CSc3nnc(N4CCCCC4)n3-c3ccccc3)nnc12. The molecule has 9 nitrogen and oxygen atoms in total. The Bertz CT molecular complexity index is 1530. The van der Waals surface area contributed by atoms with E-state index in [1.54, 1.807) is 23.4 Å². The Morgan fingerprint density at radius 1 is 0.882 bits per heavy atom. The molecule has 0 aliphatic carbocycles. The summed E-state index contributed by atoms with van der Waals surface area (Å²) < 4.78 is 5.63. The van der Waals surface area contributed by atoms with E-state index < -0.39 is 0 Å². The Balaban J connectivity index is 1.40. The Labute approximate surface area is 200 Å². The number of hydrogen-bond acceptors (Lipinski definition) is 7. The summed E-state index contributed by atoms with van der Waals surface area (Å²) in [6, 6.07) is 17.8. The van der Waals surface area contributed by atoms with E-state index in [0.29, 0.717) is 16.9 Å². The van der Waals surface area contributed by atoms with Crippen LogP contribution in [0, 0.1) is 0 Å². The number of aromatic nitrogens is 7. The van der Waals surface area contributed by atoms with Gasteiger partial charge in [-0.15, -0.1) is 20.4 Å². The molecule has 3 aromatic heterocycles. The summed E-state index contributed by atoms with van der Waals surface area (Å²) in [5.74, 6) is 2.70. The first-order valence-corrected chi connectivity index (χ1v) is 12.4. The van der Waals surface area contributed by atoms with Crippen molar-refractivity contribution in [3.63, 3.8) is 0 Å². The minimum atomic E-state index is -0.0790. The van der Waals surface area contributed by atoms with Crippen LogP contribution in [-0.2, 0) is 12.8 Å². The molecule has 1 fully saturated rings. The predicted molar refractivity (Wildman–Crippen MR) is 133 cm³/mol. The number of thioether (sulfide) groups is 1. The zero-order valence-corrected chi connectivity index (χ0v) is 19.6. The molecule has 1 aliphatic rings. The highest BCUT2D eigenvalue weighted by molar-refractivity contribution is 7.98. The maximum Gasteiger partial charge on any atom is 0.262 e. The first-order valence-electron chi connectivity index (χ1n) is 11.4. The van der Waals surface area contributed by atoms with Crippen molar-refractivity contribution in [1.29, 1.82) is 0 Å². The number of fused-ring (bicyclic) bond motifs is 3. The van der Waals surface area contributed by atoms with Gasteiger partial charge in [-0.2, -0.15) is 0 Å². The lowest BCUT2D eigenvalue weighted by Gasteiger charge is -2.27. The third-order valence-corrected chi connectivity index (χ3v) is 7.22. The zero-order chi connectivity index (χ0) is 23.1. The van der Waals surface area contributed by atoms with E-state index in [1.165, 1.54) is 19.3 Å². The second-order valence-corrected chi connectivity index (χ2v) is 9.37. The fraction of sp³-hybridized carbons (Fsp3) is 0.292. The molecule has 0 N–H and O–H groups in total. The Hall–Kier alpha value is -3.66. The van der Waals surface area contributed by atoms with Gasteiger partial charge >= 0.3 is 0 Å². The van der Waals surface area contributed by atoms with Crippen LogP contribution in [0.15, 0.2) is 64.5 Å². The van der Waals surface area contributed by atoms with Gasteiger partial charge in [-0.1, -0.05) is 42.1 Å². The van der Waals surface area contributed by atoms with Crippen molar-refractivity contribution < 1.29 is 0 Å². The molecule has 172 valence electrons. The average Bonchev–Trinajstić information content (AvgIpc) is 3.52. The number of piperidine rings is 1. The van der Waals surface area contributed by atoms with Crippen LogP contribution in [0.1, 0.15) is 25.1 Å². The number of nitrogens with zero attached hydrogens (tertiary/aromatic N) is 8. The maximum absolute atomic E-state index is 12.7. The van der Waals surface area contributed by atoms with Crippen LogP contribution in [0.25, 0.3) is 22.4 Å². The molecule has 0 saturated carbocycles. The molecule has 0 bridgehead atoms. The van der Waals surface area contributed by atoms with Crippen molar-refractivity contribution >= 4 is 34.4 Å². The van der Waals surface area contributed by atoms with E-state index >= 15 is 0 Å². The average molecular weight is 473 g/mol. The van der Waals surface area contributed by atoms with Gasteiger partial charge < -0.3 is 4.90 Å². The lowest BCUT2D eigenvalue weighted by molar-refractivity contribution is 0.564. The van der Waals surface area contributed by atoms with Crippen LogP contribution in [0.3, 0.4) is 0 Å². The number of anilines is 1. The van der Waals surface area contributed by atoms with E-state index in [4.69, 9.17) is 0 Å². The van der Waals surface area contributed by atoms with Gasteiger partial charge in [0.05, 0.1) is 22.3 Å². The van der Waals surface area contributed by atoms with E-state index in [9.17, 15) is 4.79 Å². The van der Waals surface area contributed by atoms with E-state index in [1.807, 2.05) is 46.9 Å². The lowest BCUT2D eigenvalue weighted by atomic mass is 10.1. The molecule has 5 aromatic rings. The minimum absolute atomic E-state index is 0.0790. The van der Waals surface area contributed by atoms with Crippen molar-refractivity contribution in [2.75, 3.05) is 18.0 Å². The van der Waals surface area contributed by atoms with Crippen LogP contribution < -0.4 is 10.5 Å². The molecular formula is C24H24N8OS. The minimum Gasteiger partial charge on any atom is -0.341 e. The fourth-order valence-corrected chi connectivity index (χ4v) is 5.43. The predicted octanol–water partition coefficient (Wildman–Crippen LogP) is 3.44. The maximum atomic E-state index is 12.7. The number of para-hydroxylation sites is 2. The van der Waals surface area contributed by atoms with E-state index in [2.05, 4.69) is 42.0 Å². The summed E-state index contributed by atoms with van der Waals surface area (Å²) in [6.45, 7) is 1.98. The van der Waals surface area contributed by atoms with Gasteiger partial charge in [0.25, 0.3) is 5.56 Å². The highest BCUT2D eigenvalue weighted by atomic mass is 32.2. The topological polar surface area (TPSA) is 86.1 Å². The van der Waals surface area contributed by atoms with Gasteiger partial charge in [0, 0.05) is 20.1 Å². The van der Waals surface area contributed by atoms with E-state index in [0.717, 1.165) is 41.2 Å². The highest BCUT2D eigenvalue weighted by Gasteiger charge is 2.22. The van der Waals surface area contributed by atoms with Gasteiger partial charge in [0.1, 0.15) is 5.82 Å². The lowest BCUT2D eigenvalue weighted by Crippen LogP contribution is -2.31. The van der Waals surface area contributed by atoms with Crippen molar-refractivity contribution in [2.45, 2.75) is 30.2 Å². The molecule has 0 amide bonds. The summed E-state index contributed by atoms with van der Waals surface area (Å²) in [5.41, 5.74) is 1.76. The summed E-state index contributed by atoms with van der Waals surface area (Å²) in [5, 5.41) is 19.3. The molecule has 10 heteroatoms. The molecule has 1 saturated heterocycles. The van der Waals surface area contributed by atoms with Gasteiger partial charge in [0.15, 0.2) is 5.16 Å². The highest BCUT2D eigenvalue weighted by Crippen LogP contribution is 2.30. The number of benzene rings is 2. The second-order valence-electron chi connectivity index (χ2n) is 8.42. The standard InChI is InChI=1S/C24H24N8OS/c1-29-21(33)18-12-6-7-13-19(18)32-20(25-26-22(29)32)16-34-24-28-27-23(30-14-8-3-9-15-30)31(24)17-10-4-2-5-11-17/h2,4-7,10-13H,3,8-9,14-16H2,1H3. The molecule has 0 spiro atoms. The molecule has 6 rings (SSSR count). The van der Waals surface area contributed by atoms with E-state index in [-0.39, 0.29) is 5.56 Å². The van der Waals surface area contributed by atoms with Gasteiger partial charge in [-0.25, -0.2) is 0 Å². The van der Waals surface area contributed by atoms with Crippen LogP contribution in [0.5, 0.6) is 0 Å². The number of rotatable bonds is 5. The summed E-state index contributed by atoms with van der Waals surface area (Å²) >= 11 is 1.57. The fourth-order valence-electron chi connectivity index (χ4n) is 4.57. The Kier molecular flexibility index (Phi) is 5.29. The summed E-state index contributed by atoms with van der Waals surface area (Å²) in [6.07, 6.45) is 3.59. The molecule has 34 heavy (non-hydrogen) atoms. The summed E-state index contributed by atoms with van der Waals surface area (Å²) in [4.78, 5) is 15.1. The van der Waals surface area contributed by atoms with Crippen LogP contribution >= 0.6 is 11.8 Å². The third-order valence-electron chi connectivity index (χ3n) is 6.29. The van der Waals surface area contributed by atoms with Crippen LogP contribution in [0.2, 0.25) is 0 Å². The smallest absolute Gasteiger partial charge is 0.262 e. The monoisotopic (exact) mass is 472 g/mol. The largest absolute Gasteiger partial charge is 0.341 e. The first kappa shape index (κ1) is 20.9. The second kappa shape index (κ2) is 8.60. The molecular weight excluding hydrogens is 448 g/mol. The summed E-state index contributed by atoms with van der Waals surface area (Å²) in [7, 11) is 1.73. The van der Waals surface area contributed by atoms with Crippen LogP contribution in [0.4, 0.5) is 5.95 Å². The van der Waals surface area contributed by atoms with Crippen molar-refractivity contribution in [3.05, 3.63) is 70.8 Å². The normalized spacial score (nSPS) is 14.3. The van der Waals surface area contributed by atoms with Gasteiger partial charge in [-0.05, 0) is 43.5 Å². The number of aryl methyl sites for hydroxylation is 1. The van der Waals surface area contributed by atoms with Crippen molar-refractivity contribution in [3.8, 4) is 5.69 Å². The van der Waals surface area contributed by atoms with Crippen molar-refractivity contribution in [2.24, 2.45) is 7.05 Å². The molecule has 4 heterocycles. The molecule has 2 aromatic carbocycles. The number of hydrogen-bond donors (Lipinski definition) is 0. The molecule has 0 radical (unpaired) electrons. The molecule has 0 unspecified atom stereocenters. The zero-order valence-electron chi connectivity index (χ0n) is 18.8. The molecule has 0 atom stereocenters. The van der Waals surface area contributed by atoms with Crippen molar-refractivity contribution in [1.82, 2.24) is 33.9 Å². The molecule has 1 aliphatic heterocycles. The third kappa shape index (κ3) is 3.45. The quantitative estimate of drug-likeness (QED) is 0.362. The Morgan fingerprint density at radius 2 is 1.65 bits per heavy atom. The van der Waals surface area contributed by atoms with Gasteiger partial charge in [0.2, 0.25) is 11.7 Å². The van der Waals surface area contributed by atoms with Gasteiger partial charge in [-0.3, -0.25) is 18.3 Å². The Morgan fingerprint density at radius 3 is 2.47 bits per heavy atom.